The maximum Gasteiger partial charge on any atom is 0.152 e. The van der Waals surface area contributed by atoms with Crippen LogP contribution in [0.25, 0.3) is 0 Å². The van der Waals surface area contributed by atoms with Crippen molar-refractivity contribution in [3.05, 3.63) is 59.4 Å². The van der Waals surface area contributed by atoms with Crippen LogP contribution < -0.4 is 9.80 Å². The highest BCUT2D eigenvalue weighted by Gasteiger charge is 2.23. The van der Waals surface area contributed by atoms with Gasteiger partial charge in [0.25, 0.3) is 0 Å². The molecule has 2 atom stereocenters. The van der Waals surface area contributed by atoms with Crippen molar-refractivity contribution in [2.75, 3.05) is 45.9 Å². The summed E-state index contributed by atoms with van der Waals surface area (Å²) in [6.45, 7) is 15.0. The van der Waals surface area contributed by atoms with Crippen LogP contribution in [0.4, 0.5) is 0 Å². The van der Waals surface area contributed by atoms with Crippen LogP contribution in [0.1, 0.15) is 37.1 Å². The van der Waals surface area contributed by atoms with Gasteiger partial charge in [-0.15, -0.1) is 0 Å². The van der Waals surface area contributed by atoms with E-state index in [1.54, 1.807) is 0 Å². The van der Waals surface area contributed by atoms with E-state index < -0.39 is 0 Å². The number of aliphatic hydroxyl groups is 1. The van der Waals surface area contributed by atoms with E-state index in [1.165, 1.54) is 33.0 Å². The van der Waals surface area contributed by atoms with Gasteiger partial charge in [0.1, 0.15) is 32.7 Å². The van der Waals surface area contributed by atoms with Crippen LogP contribution in [0.3, 0.4) is 0 Å². The number of hydrogen-bond donors (Lipinski definition) is 3. The van der Waals surface area contributed by atoms with Gasteiger partial charge in [0.2, 0.25) is 0 Å². The van der Waals surface area contributed by atoms with Gasteiger partial charge in [-0.3, -0.25) is 0 Å². The monoisotopic (exact) mass is 415 g/mol. The lowest BCUT2D eigenvalue weighted by molar-refractivity contribution is -0.936. The van der Waals surface area contributed by atoms with Gasteiger partial charge in [-0.05, 0) is 42.5 Å². The predicted molar refractivity (Wildman–Crippen MR) is 121 cm³/mol. The number of morpholine rings is 1. The number of rotatable bonds is 11. The number of aryl methyl sites for hydroxylation is 1. The third-order valence-electron chi connectivity index (χ3n) is 6.28. The molecule has 0 bridgehead atoms. The number of nitrogens with one attached hydrogen (secondary N) is 2. The molecular formula is C25H41N3O2+2. The number of quaternary nitrogens is 2. The van der Waals surface area contributed by atoms with Crippen molar-refractivity contribution in [3.63, 3.8) is 0 Å². The average Bonchev–Trinajstić information content (AvgIpc) is 3.15. The molecular weight excluding hydrogens is 374 g/mol. The second kappa shape index (κ2) is 11.7. The second-order valence-electron chi connectivity index (χ2n) is 9.34. The molecule has 1 aromatic heterocycles. The Hall–Kier alpha value is -1.66. The summed E-state index contributed by atoms with van der Waals surface area (Å²) in [6, 6.07) is 13.0. The third-order valence-corrected chi connectivity index (χ3v) is 6.28. The minimum absolute atomic E-state index is 0.264. The van der Waals surface area contributed by atoms with Crippen LogP contribution in [-0.2, 0) is 17.8 Å². The highest BCUT2D eigenvalue weighted by molar-refractivity contribution is 5.26. The lowest BCUT2D eigenvalue weighted by atomic mass is 10.1. The van der Waals surface area contributed by atoms with Crippen LogP contribution in [0, 0.1) is 12.8 Å². The fraction of sp³-hybridized carbons (Fsp3) is 0.600. The van der Waals surface area contributed by atoms with Crippen LogP contribution >= 0.6 is 0 Å². The first-order chi connectivity index (χ1) is 14.5. The first kappa shape index (κ1) is 23.0. The van der Waals surface area contributed by atoms with Crippen LogP contribution in [0.2, 0.25) is 0 Å². The van der Waals surface area contributed by atoms with Crippen LogP contribution in [-0.4, -0.2) is 61.7 Å². The van der Waals surface area contributed by atoms with Gasteiger partial charge in [-0.25, -0.2) is 0 Å². The summed E-state index contributed by atoms with van der Waals surface area (Å²) in [5.74, 6) is 0.681. The summed E-state index contributed by atoms with van der Waals surface area (Å²) in [4.78, 5) is 2.95. The van der Waals surface area contributed by atoms with Gasteiger partial charge in [0.05, 0.1) is 25.5 Å². The number of aromatic nitrogens is 1. The molecule has 0 radical (unpaired) electrons. The van der Waals surface area contributed by atoms with E-state index in [2.05, 4.69) is 67.9 Å². The molecule has 1 saturated heterocycles. The van der Waals surface area contributed by atoms with E-state index in [0.29, 0.717) is 5.92 Å². The Kier molecular flexibility index (Phi) is 8.94. The summed E-state index contributed by atoms with van der Waals surface area (Å²) in [5.41, 5.74) is 4.06. The largest absolute Gasteiger partial charge is 0.382 e. The highest BCUT2D eigenvalue weighted by Crippen LogP contribution is 2.11. The van der Waals surface area contributed by atoms with Crippen LogP contribution in [0.5, 0.6) is 0 Å². The SMILES string of the molecule is Cc1ccccc1Cn1cccc1C[NH+](CCC(C)C)C[C@H](O)C[NH+]1CCOCC1. The predicted octanol–water partition coefficient (Wildman–Crippen LogP) is 0.552. The normalized spacial score (nSPS) is 17.4. The molecule has 2 heterocycles. The topological polar surface area (TPSA) is 43.3 Å². The van der Waals surface area contributed by atoms with Crippen molar-refractivity contribution in [2.24, 2.45) is 5.92 Å². The highest BCUT2D eigenvalue weighted by atomic mass is 16.5. The Morgan fingerprint density at radius 3 is 2.63 bits per heavy atom. The van der Waals surface area contributed by atoms with E-state index >= 15 is 0 Å². The molecule has 1 aliphatic heterocycles. The number of ether oxygens (including phenoxy) is 1. The molecule has 0 saturated carbocycles. The minimum Gasteiger partial charge on any atom is -0.382 e. The summed E-state index contributed by atoms with van der Waals surface area (Å²) >= 11 is 0. The Bertz CT molecular complexity index is 752. The summed E-state index contributed by atoms with van der Waals surface area (Å²) in [6.07, 6.45) is 3.11. The Labute approximate surface area is 182 Å². The van der Waals surface area contributed by atoms with Crippen molar-refractivity contribution in [1.82, 2.24) is 4.57 Å². The average molecular weight is 416 g/mol. The molecule has 1 aliphatic rings. The van der Waals surface area contributed by atoms with Gasteiger partial charge in [-0.2, -0.15) is 0 Å². The number of nitrogens with zero attached hydrogens (tertiary/aromatic N) is 1. The molecule has 30 heavy (non-hydrogen) atoms. The first-order valence-corrected chi connectivity index (χ1v) is 11.6. The Morgan fingerprint density at radius 1 is 1.13 bits per heavy atom. The lowest BCUT2D eigenvalue weighted by Gasteiger charge is -2.28. The van der Waals surface area contributed by atoms with Crippen LogP contribution in [0.15, 0.2) is 42.6 Å². The summed E-state index contributed by atoms with van der Waals surface area (Å²) < 4.78 is 7.83. The van der Waals surface area contributed by atoms with Crippen molar-refractivity contribution in [1.29, 1.82) is 0 Å². The zero-order valence-electron chi connectivity index (χ0n) is 19.1. The quantitative estimate of drug-likeness (QED) is 0.502. The fourth-order valence-electron chi connectivity index (χ4n) is 4.35. The molecule has 0 spiro atoms. The van der Waals surface area contributed by atoms with Crippen molar-refractivity contribution < 1.29 is 19.6 Å². The molecule has 3 rings (SSSR count). The lowest BCUT2D eigenvalue weighted by Crippen LogP contribution is -3.17. The fourth-order valence-corrected chi connectivity index (χ4v) is 4.35. The zero-order valence-corrected chi connectivity index (χ0v) is 19.1. The molecule has 1 aromatic carbocycles. The maximum atomic E-state index is 10.8. The van der Waals surface area contributed by atoms with Gasteiger partial charge in [-0.1, -0.05) is 38.1 Å². The first-order valence-electron chi connectivity index (χ1n) is 11.6. The third kappa shape index (κ3) is 7.24. The summed E-state index contributed by atoms with van der Waals surface area (Å²) in [7, 11) is 0. The Morgan fingerprint density at radius 2 is 1.90 bits per heavy atom. The smallest absolute Gasteiger partial charge is 0.152 e. The molecule has 166 valence electrons. The van der Waals surface area contributed by atoms with Gasteiger partial charge < -0.3 is 24.2 Å². The molecule has 5 heteroatoms. The van der Waals surface area contributed by atoms with Gasteiger partial charge in [0.15, 0.2) is 6.10 Å². The van der Waals surface area contributed by atoms with Gasteiger partial charge >= 0.3 is 0 Å². The van der Waals surface area contributed by atoms with E-state index in [1.807, 2.05) is 0 Å². The number of benzene rings is 1. The minimum atomic E-state index is -0.264. The standard InChI is InChI=1S/C25H39N3O2/c1-21(2)10-12-27(20-25(29)19-26-13-15-30-16-14-26)18-24-9-6-11-28(24)17-23-8-5-4-7-22(23)3/h4-9,11,21,25,29H,10,12-20H2,1-3H3/p+2/t25-/m1/s1. The molecule has 2 aromatic rings. The summed E-state index contributed by atoms with van der Waals surface area (Å²) in [5, 5.41) is 10.8. The number of hydrogen-bond acceptors (Lipinski definition) is 2. The van der Waals surface area contributed by atoms with E-state index in [9.17, 15) is 5.11 Å². The Balaban J connectivity index is 1.63. The molecule has 1 fully saturated rings. The van der Waals surface area contributed by atoms with Crippen molar-refractivity contribution in [2.45, 2.75) is 46.4 Å². The van der Waals surface area contributed by atoms with Crippen molar-refractivity contribution in [3.8, 4) is 0 Å². The van der Waals surface area contributed by atoms with Gasteiger partial charge in [0, 0.05) is 12.7 Å². The molecule has 0 aliphatic carbocycles. The molecule has 3 N–H and O–H groups in total. The maximum absolute atomic E-state index is 10.8. The van der Waals surface area contributed by atoms with E-state index in [0.717, 1.165) is 59.0 Å². The number of aliphatic hydroxyl groups excluding tert-OH is 1. The molecule has 5 nitrogen and oxygen atoms in total. The molecule has 0 amide bonds. The van der Waals surface area contributed by atoms with Crippen molar-refractivity contribution >= 4 is 0 Å². The molecule has 1 unspecified atom stereocenters. The second-order valence-corrected chi connectivity index (χ2v) is 9.34. The van der Waals surface area contributed by atoms with E-state index in [-0.39, 0.29) is 6.10 Å². The van der Waals surface area contributed by atoms with E-state index in [4.69, 9.17) is 4.74 Å². The zero-order chi connectivity index (χ0) is 21.3.